The molecule has 3 heterocycles. The molecule has 0 bridgehead atoms. The van der Waals surface area contributed by atoms with Crippen LogP contribution in [0.4, 0.5) is 0 Å². The number of nitrogens with zero attached hydrogens (tertiary/aromatic N) is 2. The number of piperidine rings is 1. The summed E-state index contributed by atoms with van der Waals surface area (Å²) in [6, 6.07) is 17.0. The first-order chi connectivity index (χ1) is 16.7. The maximum atomic E-state index is 12.7. The summed E-state index contributed by atoms with van der Waals surface area (Å²) in [5.41, 5.74) is 6.48. The third kappa shape index (κ3) is 5.35. The number of amides is 1. The second-order valence-corrected chi connectivity index (χ2v) is 9.69. The molecule has 2 aliphatic heterocycles. The highest BCUT2D eigenvalue weighted by Crippen LogP contribution is 2.35. The van der Waals surface area contributed by atoms with E-state index >= 15 is 0 Å². The molecule has 1 amide bonds. The number of benzene rings is 2. The second kappa shape index (κ2) is 10.7. The molecule has 2 aromatic carbocycles. The summed E-state index contributed by atoms with van der Waals surface area (Å²) in [6.45, 7) is 9.63. The number of H-pyrrole nitrogens is 1. The molecule has 2 saturated heterocycles. The van der Waals surface area contributed by atoms with Gasteiger partial charge < -0.3 is 15.0 Å². The van der Waals surface area contributed by atoms with Crippen LogP contribution in [0.3, 0.4) is 0 Å². The van der Waals surface area contributed by atoms with Crippen LogP contribution in [0.25, 0.3) is 10.9 Å². The minimum Gasteiger partial charge on any atom is -0.379 e. The molecule has 2 N–H and O–H groups in total. The number of para-hydroxylation sites is 1. The van der Waals surface area contributed by atoms with Crippen LogP contribution in [0.1, 0.15) is 41.1 Å². The molecule has 0 aliphatic carbocycles. The first-order valence-electron chi connectivity index (χ1n) is 12.6. The van der Waals surface area contributed by atoms with Gasteiger partial charge in [-0.3, -0.25) is 14.6 Å². The molecule has 5 rings (SSSR count). The quantitative estimate of drug-likeness (QED) is 0.563. The van der Waals surface area contributed by atoms with Gasteiger partial charge in [-0.15, -0.1) is 0 Å². The van der Waals surface area contributed by atoms with Gasteiger partial charge in [0, 0.05) is 42.8 Å². The highest BCUT2D eigenvalue weighted by atomic mass is 16.5. The number of nitrogens with one attached hydrogen (secondary N) is 2. The predicted octanol–water partition coefficient (Wildman–Crippen LogP) is 3.80. The summed E-state index contributed by atoms with van der Waals surface area (Å²) in [7, 11) is 0. The molecule has 6 nitrogen and oxygen atoms in total. The van der Waals surface area contributed by atoms with Gasteiger partial charge in [0.2, 0.25) is 5.91 Å². The van der Waals surface area contributed by atoms with E-state index < -0.39 is 0 Å². The molecule has 2 aliphatic rings. The summed E-state index contributed by atoms with van der Waals surface area (Å²) in [6.07, 6.45) is 2.19. The molecule has 1 aromatic heterocycles. The largest absolute Gasteiger partial charge is 0.379 e. The predicted molar refractivity (Wildman–Crippen MR) is 136 cm³/mol. The average Bonchev–Trinajstić information content (AvgIpc) is 3.20. The standard InChI is InChI=1S/C28H36N4O2/c1-21-28(25-8-4-5-9-26(25)30-21)22-10-12-31(13-11-22)20-27(33)29-18-23-6-2-3-7-24(23)19-32-14-16-34-17-15-32/h2-9,22,30H,10-20H2,1H3,(H,29,33). The van der Waals surface area contributed by atoms with E-state index in [-0.39, 0.29) is 5.91 Å². The number of rotatable bonds is 7. The van der Waals surface area contributed by atoms with Crippen LogP contribution in [0.2, 0.25) is 0 Å². The smallest absolute Gasteiger partial charge is 0.234 e. The molecule has 0 radical (unpaired) electrons. The van der Waals surface area contributed by atoms with Gasteiger partial charge >= 0.3 is 0 Å². The highest BCUT2D eigenvalue weighted by Gasteiger charge is 2.25. The number of fused-ring (bicyclic) bond motifs is 1. The summed E-state index contributed by atoms with van der Waals surface area (Å²) < 4.78 is 5.47. The van der Waals surface area contributed by atoms with E-state index in [9.17, 15) is 4.79 Å². The Kier molecular flexibility index (Phi) is 7.28. The van der Waals surface area contributed by atoms with E-state index in [0.717, 1.165) is 58.8 Å². The van der Waals surface area contributed by atoms with Crippen molar-refractivity contribution in [3.8, 4) is 0 Å². The van der Waals surface area contributed by atoms with E-state index in [1.54, 1.807) is 0 Å². The normalized spacial score (nSPS) is 18.4. The van der Waals surface area contributed by atoms with Crippen molar-refractivity contribution >= 4 is 16.8 Å². The second-order valence-electron chi connectivity index (χ2n) is 9.69. The lowest BCUT2D eigenvalue weighted by Crippen LogP contribution is -2.41. The van der Waals surface area contributed by atoms with Crippen LogP contribution >= 0.6 is 0 Å². The lowest BCUT2D eigenvalue weighted by atomic mass is 9.87. The molecule has 0 spiro atoms. The van der Waals surface area contributed by atoms with Crippen molar-refractivity contribution in [3.63, 3.8) is 0 Å². The fourth-order valence-electron chi connectivity index (χ4n) is 5.54. The third-order valence-electron chi connectivity index (χ3n) is 7.40. The Balaban J connectivity index is 1.12. The lowest BCUT2D eigenvalue weighted by molar-refractivity contribution is -0.122. The Bertz CT molecular complexity index is 1110. The number of likely N-dealkylation sites (tertiary alicyclic amines) is 1. The van der Waals surface area contributed by atoms with Gasteiger partial charge in [-0.2, -0.15) is 0 Å². The van der Waals surface area contributed by atoms with Crippen LogP contribution in [0, 0.1) is 6.92 Å². The Labute approximate surface area is 202 Å². The SMILES string of the molecule is Cc1[nH]c2ccccc2c1C1CCN(CC(=O)NCc2ccccc2CN2CCOCC2)CC1. The topological polar surface area (TPSA) is 60.6 Å². The maximum Gasteiger partial charge on any atom is 0.234 e. The first-order valence-corrected chi connectivity index (χ1v) is 12.6. The third-order valence-corrected chi connectivity index (χ3v) is 7.40. The van der Waals surface area contributed by atoms with E-state index in [1.165, 1.54) is 33.3 Å². The number of carbonyl (C=O) groups excluding carboxylic acids is 1. The monoisotopic (exact) mass is 460 g/mol. The number of aromatic nitrogens is 1. The zero-order valence-corrected chi connectivity index (χ0v) is 20.2. The van der Waals surface area contributed by atoms with Crippen molar-refractivity contribution in [2.45, 2.75) is 38.8 Å². The van der Waals surface area contributed by atoms with Crippen molar-refractivity contribution in [1.29, 1.82) is 0 Å². The van der Waals surface area contributed by atoms with Crippen LogP contribution in [0.5, 0.6) is 0 Å². The van der Waals surface area contributed by atoms with E-state index in [1.807, 2.05) is 0 Å². The van der Waals surface area contributed by atoms with E-state index in [2.05, 4.69) is 75.6 Å². The number of aryl methyl sites for hydroxylation is 1. The molecule has 0 atom stereocenters. The van der Waals surface area contributed by atoms with Crippen molar-refractivity contribution in [2.24, 2.45) is 0 Å². The Morgan fingerprint density at radius 3 is 2.47 bits per heavy atom. The minimum atomic E-state index is 0.114. The number of hydrogen-bond acceptors (Lipinski definition) is 4. The summed E-state index contributed by atoms with van der Waals surface area (Å²) in [4.78, 5) is 21.0. The van der Waals surface area contributed by atoms with Crippen molar-refractivity contribution in [2.75, 3.05) is 45.9 Å². The van der Waals surface area contributed by atoms with Crippen LogP contribution < -0.4 is 5.32 Å². The Morgan fingerprint density at radius 1 is 0.971 bits per heavy atom. The van der Waals surface area contributed by atoms with Crippen LogP contribution in [-0.4, -0.2) is 66.6 Å². The maximum absolute atomic E-state index is 12.7. The van der Waals surface area contributed by atoms with Crippen LogP contribution in [-0.2, 0) is 22.6 Å². The number of aromatic amines is 1. The van der Waals surface area contributed by atoms with Crippen molar-refractivity contribution < 1.29 is 9.53 Å². The highest BCUT2D eigenvalue weighted by molar-refractivity contribution is 5.85. The molecule has 0 saturated carbocycles. The van der Waals surface area contributed by atoms with Gasteiger partial charge in [0.1, 0.15) is 0 Å². The van der Waals surface area contributed by atoms with Crippen molar-refractivity contribution in [3.05, 3.63) is 70.9 Å². The lowest BCUT2D eigenvalue weighted by Gasteiger charge is -2.32. The van der Waals surface area contributed by atoms with Gasteiger partial charge in [-0.25, -0.2) is 0 Å². The molecule has 3 aromatic rings. The fraction of sp³-hybridized carbons (Fsp3) is 0.464. The van der Waals surface area contributed by atoms with Gasteiger partial charge in [0.25, 0.3) is 0 Å². The fourth-order valence-corrected chi connectivity index (χ4v) is 5.54. The summed E-state index contributed by atoms with van der Waals surface area (Å²) in [5.74, 6) is 0.672. The van der Waals surface area contributed by atoms with Gasteiger partial charge in [0.05, 0.1) is 19.8 Å². The minimum absolute atomic E-state index is 0.114. The van der Waals surface area contributed by atoms with Gasteiger partial charge in [-0.1, -0.05) is 42.5 Å². The van der Waals surface area contributed by atoms with E-state index in [4.69, 9.17) is 4.74 Å². The molecule has 2 fully saturated rings. The molecular formula is C28H36N4O2. The average molecular weight is 461 g/mol. The Morgan fingerprint density at radius 2 is 1.68 bits per heavy atom. The first kappa shape index (κ1) is 23.1. The number of hydrogen-bond donors (Lipinski definition) is 2. The van der Waals surface area contributed by atoms with Crippen LogP contribution in [0.15, 0.2) is 48.5 Å². The molecule has 0 unspecified atom stereocenters. The molecule has 180 valence electrons. The number of carbonyl (C=O) groups is 1. The van der Waals surface area contributed by atoms with Gasteiger partial charge in [0.15, 0.2) is 0 Å². The van der Waals surface area contributed by atoms with Crippen molar-refractivity contribution in [1.82, 2.24) is 20.1 Å². The number of ether oxygens (including phenoxy) is 1. The number of morpholine rings is 1. The van der Waals surface area contributed by atoms with Gasteiger partial charge in [-0.05, 0) is 61.5 Å². The summed E-state index contributed by atoms with van der Waals surface area (Å²) >= 11 is 0. The Hall–Kier alpha value is -2.67. The zero-order valence-electron chi connectivity index (χ0n) is 20.2. The summed E-state index contributed by atoms with van der Waals surface area (Å²) in [5, 5.41) is 4.52. The molecular weight excluding hydrogens is 424 g/mol. The molecule has 6 heteroatoms. The van der Waals surface area contributed by atoms with E-state index in [0.29, 0.717) is 19.0 Å². The molecule has 34 heavy (non-hydrogen) atoms. The zero-order chi connectivity index (χ0) is 23.3.